The van der Waals surface area contributed by atoms with E-state index < -0.39 is 5.54 Å². The molecule has 0 spiro atoms. The summed E-state index contributed by atoms with van der Waals surface area (Å²) < 4.78 is 5.64. The minimum absolute atomic E-state index is 0.00468. The molecular formula is C13H16BrN3O3S. The third-order valence-electron chi connectivity index (χ3n) is 4.07. The van der Waals surface area contributed by atoms with E-state index in [2.05, 4.69) is 26.3 Å². The average molecular weight is 374 g/mol. The number of hydrazine groups is 1. The van der Waals surface area contributed by atoms with E-state index in [4.69, 9.17) is 4.74 Å². The summed E-state index contributed by atoms with van der Waals surface area (Å²) in [5.74, 6) is 0.0210. The number of hydrogen-bond donors (Lipinski definition) is 1. The number of aromatic nitrogens is 1. The van der Waals surface area contributed by atoms with Crippen molar-refractivity contribution in [2.45, 2.75) is 31.2 Å². The lowest BCUT2D eigenvalue weighted by Crippen LogP contribution is -2.57. The minimum atomic E-state index is -0.660. The van der Waals surface area contributed by atoms with E-state index in [9.17, 15) is 9.59 Å². The van der Waals surface area contributed by atoms with Crippen molar-refractivity contribution < 1.29 is 14.3 Å². The summed E-state index contributed by atoms with van der Waals surface area (Å²) in [6, 6.07) is 0. The summed E-state index contributed by atoms with van der Waals surface area (Å²) in [4.78, 5) is 28.4. The van der Waals surface area contributed by atoms with Crippen LogP contribution in [0.3, 0.4) is 0 Å². The lowest BCUT2D eigenvalue weighted by atomic mass is 10.1. The van der Waals surface area contributed by atoms with Gasteiger partial charge in [-0.15, -0.1) is 11.3 Å². The van der Waals surface area contributed by atoms with Gasteiger partial charge >= 0.3 is 5.97 Å². The molecule has 1 aliphatic heterocycles. The summed E-state index contributed by atoms with van der Waals surface area (Å²) in [7, 11) is 1.38. The van der Waals surface area contributed by atoms with E-state index >= 15 is 0 Å². The van der Waals surface area contributed by atoms with Crippen molar-refractivity contribution in [3.8, 4) is 0 Å². The summed E-state index contributed by atoms with van der Waals surface area (Å²) >= 11 is 4.83. The highest BCUT2D eigenvalue weighted by molar-refractivity contribution is 9.10. The molecule has 2 atom stereocenters. The average Bonchev–Trinajstić information content (AvgIpc) is 3.10. The van der Waals surface area contributed by atoms with Crippen molar-refractivity contribution >= 4 is 39.1 Å². The maximum absolute atomic E-state index is 12.3. The Labute approximate surface area is 135 Å². The maximum atomic E-state index is 12.3. The van der Waals surface area contributed by atoms with Gasteiger partial charge in [-0.25, -0.2) is 15.2 Å². The number of halogens is 1. The summed E-state index contributed by atoms with van der Waals surface area (Å²) in [6.07, 6.45) is 2.59. The van der Waals surface area contributed by atoms with Crippen molar-refractivity contribution in [3.63, 3.8) is 0 Å². The molecule has 1 aromatic rings. The fourth-order valence-corrected chi connectivity index (χ4v) is 4.08. The van der Waals surface area contributed by atoms with Gasteiger partial charge in [-0.3, -0.25) is 9.80 Å². The van der Waals surface area contributed by atoms with Gasteiger partial charge in [-0.05, 0) is 34.7 Å². The standard InChI is InChI=1S/C13H16BrN3O3S/c1-20-12(19)13-6-8(13)4-5-17(16-13)11(18)3-2-10-15-9(14)7-21-10/h7-8,16H,2-6H2,1H3. The van der Waals surface area contributed by atoms with Gasteiger partial charge in [0, 0.05) is 24.8 Å². The van der Waals surface area contributed by atoms with E-state index in [1.54, 1.807) is 5.01 Å². The number of carbonyl (C=O) groups excluding carboxylic acids is 2. The van der Waals surface area contributed by atoms with E-state index in [1.165, 1.54) is 18.4 Å². The van der Waals surface area contributed by atoms with Crippen molar-refractivity contribution in [2.24, 2.45) is 5.92 Å². The van der Waals surface area contributed by atoms with Crippen LogP contribution in [0.1, 0.15) is 24.3 Å². The van der Waals surface area contributed by atoms with Gasteiger partial charge in [0.2, 0.25) is 5.91 Å². The number of hydrogen-bond acceptors (Lipinski definition) is 6. The molecule has 8 heteroatoms. The Kier molecular flexibility index (Phi) is 4.02. The summed E-state index contributed by atoms with van der Waals surface area (Å²) in [5, 5.41) is 4.41. The number of nitrogens with one attached hydrogen (secondary N) is 1. The topological polar surface area (TPSA) is 71.5 Å². The number of rotatable bonds is 4. The van der Waals surface area contributed by atoms with E-state index in [-0.39, 0.29) is 11.9 Å². The Morgan fingerprint density at radius 3 is 3.14 bits per heavy atom. The van der Waals surface area contributed by atoms with Crippen molar-refractivity contribution in [1.29, 1.82) is 0 Å². The molecule has 1 N–H and O–H groups in total. The first-order valence-electron chi connectivity index (χ1n) is 6.81. The quantitative estimate of drug-likeness (QED) is 0.809. The Hall–Kier alpha value is -0.990. The highest BCUT2D eigenvalue weighted by Crippen LogP contribution is 2.49. The molecular weight excluding hydrogens is 358 g/mol. The second-order valence-electron chi connectivity index (χ2n) is 5.37. The third kappa shape index (κ3) is 2.84. The zero-order chi connectivity index (χ0) is 15.0. The molecule has 2 unspecified atom stereocenters. The number of thiazole rings is 1. The van der Waals surface area contributed by atoms with Crippen LogP contribution in [0, 0.1) is 5.92 Å². The lowest BCUT2D eigenvalue weighted by molar-refractivity contribution is -0.151. The zero-order valence-electron chi connectivity index (χ0n) is 11.6. The second-order valence-corrected chi connectivity index (χ2v) is 7.13. The van der Waals surface area contributed by atoms with Crippen molar-refractivity contribution in [1.82, 2.24) is 15.4 Å². The van der Waals surface area contributed by atoms with Crippen LogP contribution >= 0.6 is 27.3 Å². The third-order valence-corrected chi connectivity index (χ3v) is 5.69. The van der Waals surface area contributed by atoms with Gasteiger partial charge in [0.05, 0.1) is 12.1 Å². The number of carbonyl (C=O) groups is 2. The van der Waals surface area contributed by atoms with Crippen LogP contribution in [-0.2, 0) is 20.7 Å². The number of fused-ring (bicyclic) bond motifs is 1. The fourth-order valence-electron chi connectivity index (χ4n) is 2.81. The number of amides is 1. The first kappa shape index (κ1) is 14.9. The normalized spacial score (nSPS) is 27.1. The molecule has 114 valence electrons. The Morgan fingerprint density at radius 1 is 1.67 bits per heavy atom. The van der Waals surface area contributed by atoms with Gasteiger partial charge in [-0.1, -0.05) is 0 Å². The molecule has 6 nitrogen and oxygen atoms in total. The van der Waals surface area contributed by atoms with Gasteiger partial charge in [0.25, 0.3) is 0 Å². The summed E-state index contributed by atoms with van der Waals surface area (Å²) in [5.41, 5.74) is 2.42. The molecule has 2 fully saturated rings. The van der Waals surface area contributed by atoms with Gasteiger partial charge in [0.1, 0.15) is 10.1 Å². The summed E-state index contributed by atoms with van der Waals surface area (Å²) in [6.45, 7) is 0.643. The maximum Gasteiger partial charge on any atom is 0.328 e. The van der Waals surface area contributed by atoms with E-state index in [0.29, 0.717) is 25.3 Å². The molecule has 0 aromatic carbocycles. The van der Waals surface area contributed by atoms with E-state index in [0.717, 1.165) is 22.5 Å². The van der Waals surface area contributed by atoms with Crippen LogP contribution in [0.4, 0.5) is 0 Å². The largest absolute Gasteiger partial charge is 0.468 e. The molecule has 1 saturated heterocycles. The molecule has 3 rings (SSSR count). The Balaban J connectivity index is 1.57. The van der Waals surface area contributed by atoms with Gasteiger partial charge < -0.3 is 4.74 Å². The highest BCUT2D eigenvalue weighted by atomic mass is 79.9. The smallest absolute Gasteiger partial charge is 0.328 e. The molecule has 1 amide bonds. The Bertz CT molecular complexity index is 579. The molecule has 1 saturated carbocycles. The van der Waals surface area contributed by atoms with Crippen LogP contribution in [0.2, 0.25) is 0 Å². The molecule has 0 bridgehead atoms. The van der Waals surface area contributed by atoms with Gasteiger partial charge in [0.15, 0.2) is 0 Å². The molecule has 0 radical (unpaired) electrons. The van der Waals surface area contributed by atoms with Crippen LogP contribution in [-0.4, -0.2) is 41.1 Å². The number of nitrogens with zero attached hydrogens (tertiary/aromatic N) is 2. The zero-order valence-corrected chi connectivity index (χ0v) is 14.0. The fraction of sp³-hybridized carbons (Fsp3) is 0.615. The van der Waals surface area contributed by atoms with Crippen LogP contribution in [0.5, 0.6) is 0 Å². The van der Waals surface area contributed by atoms with Gasteiger partial charge in [-0.2, -0.15) is 0 Å². The minimum Gasteiger partial charge on any atom is -0.468 e. The first-order chi connectivity index (χ1) is 10.0. The molecule has 1 aliphatic carbocycles. The predicted molar refractivity (Wildman–Crippen MR) is 80.5 cm³/mol. The van der Waals surface area contributed by atoms with Crippen LogP contribution in [0.15, 0.2) is 9.98 Å². The molecule has 21 heavy (non-hydrogen) atoms. The van der Waals surface area contributed by atoms with E-state index in [1.807, 2.05) is 5.38 Å². The lowest BCUT2D eigenvalue weighted by Gasteiger charge is -2.32. The van der Waals surface area contributed by atoms with Crippen molar-refractivity contribution in [3.05, 3.63) is 15.0 Å². The SMILES string of the molecule is COC(=O)C12CC1CCN(C(=O)CCc1nc(Br)cs1)N2. The molecule has 2 heterocycles. The number of methoxy groups -OCH3 is 1. The number of ether oxygens (including phenoxy) is 1. The monoisotopic (exact) mass is 373 g/mol. The first-order valence-corrected chi connectivity index (χ1v) is 8.49. The second kappa shape index (κ2) is 5.66. The molecule has 2 aliphatic rings. The molecule has 1 aromatic heterocycles. The Morgan fingerprint density at radius 2 is 2.48 bits per heavy atom. The van der Waals surface area contributed by atoms with Crippen LogP contribution in [0.25, 0.3) is 0 Å². The highest BCUT2D eigenvalue weighted by Gasteiger charge is 2.64. The van der Waals surface area contributed by atoms with Crippen LogP contribution < -0.4 is 5.43 Å². The number of aryl methyl sites for hydroxylation is 1. The predicted octanol–water partition coefficient (Wildman–Crippen LogP) is 1.51. The van der Waals surface area contributed by atoms with Crippen molar-refractivity contribution in [2.75, 3.05) is 13.7 Å². The number of esters is 1.